The van der Waals surface area contributed by atoms with Crippen molar-refractivity contribution in [3.05, 3.63) is 12.4 Å². The Labute approximate surface area is 78.5 Å². The van der Waals surface area contributed by atoms with Crippen LogP contribution >= 0.6 is 23.4 Å². The number of thioether (sulfide) groups is 1. The Morgan fingerprint density at radius 3 is 3.00 bits per heavy atom. The zero-order chi connectivity index (χ0) is 9.14. The van der Waals surface area contributed by atoms with Crippen molar-refractivity contribution >= 4 is 29.3 Å². The molecule has 0 saturated carbocycles. The van der Waals surface area contributed by atoms with Crippen LogP contribution in [0.25, 0.3) is 0 Å². The molecule has 1 aromatic rings. The summed E-state index contributed by atoms with van der Waals surface area (Å²) in [7, 11) is 1.78. The number of hydrogen-bond donors (Lipinski definition) is 1. The Balaban J connectivity index is 2.64. The van der Waals surface area contributed by atoms with E-state index in [0.29, 0.717) is 5.16 Å². The van der Waals surface area contributed by atoms with Gasteiger partial charge in [-0.3, -0.25) is 0 Å². The smallest absolute Gasteiger partial charge is 0.332 e. The van der Waals surface area contributed by atoms with E-state index in [9.17, 15) is 4.79 Å². The summed E-state index contributed by atoms with van der Waals surface area (Å²) >= 11 is 6.49. The topological polar surface area (TPSA) is 55.1 Å². The Morgan fingerprint density at radius 1 is 1.92 bits per heavy atom. The molecular weight excluding hydrogens is 200 g/mol. The van der Waals surface area contributed by atoms with Gasteiger partial charge in [0.15, 0.2) is 9.87 Å². The monoisotopic (exact) mass is 206 g/mol. The van der Waals surface area contributed by atoms with Gasteiger partial charge in [0, 0.05) is 19.4 Å². The van der Waals surface area contributed by atoms with Gasteiger partial charge in [-0.15, -0.1) is 0 Å². The lowest BCUT2D eigenvalue weighted by atomic mass is 10.8. The molecule has 0 aliphatic rings. The maximum Gasteiger partial charge on any atom is 0.332 e. The summed E-state index contributed by atoms with van der Waals surface area (Å²) in [4.78, 5) is 14.3. The highest BCUT2D eigenvalue weighted by molar-refractivity contribution is 8.01. The number of nitrogens with zero attached hydrogens (tertiary/aromatic N) is 2. The van der Waals surface area contributed by atoms with Crippen LogP contribution in [0.1, 0.15) is 0 Å². The zero-order valence-electron chi connectivity index (χ0n) is 6.27. The van der Waals surface area contributed by atoms with Crippen LogP contribution in [-0.4, -0.2) is 25.3 Å². The Kier molecular flexibility index (Phi) is 2.99. The third kappa shape index (κ3) is 2.15. The number of rotatable bonds is 3. The fourth-order valence-electron chi connectivity index (χ4n) is 0.608. The number of halogens is 1. The van der Waals surface area contributed by atoms with Gasteiger partial charge in [0.2, 0.25) is 0 Å². The summed E-state index contributed by atoms with van der Waals surface area (Å²) in [5.74, 6) is -1.05. The second kappa shape index (κ2) is 3.82. The van der Waals surface area contributed by atoms with Gasteiger partial charge in [0.05, 0.1) is 0 Å². The van der Waals surface area contributed by atoms with Crippen molar-refractivity contribution in [1.82, 2.24) is 9.55 Å². The van der Waals surface area contributed by atoms with Crippen molar-refractivity contribution in [2.24, 2.45) is 7.05 Å². The molecule has 1 atom stereocenters. The Bertz CT molecular complexity index is 289. The van der Waals surface area contributed by atoms with Crippen LogP contribution in [0, 0.1) is 0 Å². The number of imidazole rings is 1. The minimum absolute atomic E-state index is 0.595. The zero-order valence-corrected chi connectivity index (χ0v) is 7.84. The van der Waals surface area contributed by atoms with Crippen LogP contribution in [0.15, 0.2) is 17.6 Å². The number of alkyl halides is 1. The second-order valence-corrected chi connectivity index (χ2v) is 3.86. The lowest BCUT2D eigenvalue weighted by Gasteiger charge is -2.02. The minimum atomic E-state index is -1.05. The molecule has 0 aliphatic carbocycles. The Morgan fingerprint density at radius 2 is 2.58 bits per heavy atom. The highest BCUT2D eigenvalue weighted by Gasteiger charge is 2.16. The van der Waals surface area contributed by atoms with E-state index < -0.39 is 10.7 Å². The van der Waals surface area contributed by atoms with E-state index in [2.05, 4.69) is 4.98 Å². The summed E-state index contributed by atoms with van der Waals surface area (Å²) in [6.45, 7) is 0. The molecule has 0 saturated heterocycles. The number of carbonyl (C=O) groups is 1. The van der Waals surface area contributed by atoms with Crippen molar-refractivity contribution in [2.45, 2.75) is 9.87 Å². The number of aromatic nitrogens is 2. The first kappa shape index (κ1) is 9.41. The highest BCUT2D eigenvalue weighted by atomic mass is 35.5. The molecule has 12 heavy (non-hydrogen) atoms. The van der Waals surface area contributed by atoms with Crippen LogP contribution in [-0.2, 0) is 11.8 Å². The molecule has 0 fully saturated rings. The van der Waals surface area contributed by atoms with Gasteiger partial charge in [-0.2, -0.15) is 0 Å². The standard InChI is InChI=1S/C6H7ClN2O2S/c1-9-3-2-8-6(9)12-4(7)5(10)11/h2-4H,1H3,(H,10,11). The van der Waals surface area contributed by atoms with Crippen LogP contribution in [0.3, 0.4) is 0 Å². The van der Waals surface area contributed by atoms with Crippen LogP contribution in [0.4, 0.5) is 0 Å². The maximum atomic E-state index is 10.3. The van der Waals surface area contributed by atoms with Gasteiger partial charge < -0.3 is 9.67 Å². The number of aryl methyl sites for hydroxylation is 1. The minimum Gasteiger partial charge on any atom is -0.480 e. The number of carboxylic acid groups (broad SMARTS) is 1. The number of carboxylic acids is 1. The van der Waals surface area contributed by atoms with E-state index in [0.717, 1.165) is 11.8 Å². The normalized spacial score (nSPS) is 12.8. The molecule has 0 bridgehead atoms. The summed E-state index contributed by atoms with van der Waals surface area (Å²) in [5.41, 5.74) is 0. The molecule has 1 unspecified atom stereocenters. The van der Waals surface area contributed by atoms with Crippen molar-refractivity contribution < 1.29 is 9.90 Å². The predicted octanol–water partition coefficient (Wildman–Crippen LogP) is 1.16. The number of hydrogen-bond acceptors (Lipinski definition) is 3. The van der Waals surface area contributed by atoms with Gasteiger partial charge in [0.25, 0.3) is 0 Å². The first-order chi connectivity index (χ1) is 5.61. The van der Waals surface area contributed by atoms with E-state index in [1.54, 1.807) is 24.0 Å². The van der Waals surface area contributed by atoms with Crippen molar-refractivity contribution in [2.75, 3.05) is 0 Å². The average molecular weight is 207 g/mol. The van der Waals surface area contributed by atoms with E-state index in [-0.39, 0.29) is 0 Å². The van der Waals surface area contributed by atoms with Crippen LogP contribution < -0.4 is 0 Å². The molecule has 66 valence electrons. The van der Waals surface area contributed by atoms with E-state index >= 15 is 0 Å². The summed E-state index contributed by atoms with van der Waals surface area (Å²) in [6, 6.07) is 0. The summed E-state index contributed by atoms with van der Waals surface area (Å²) in [5, 5.41) is 9.08. The van der Waals surface area contributed by atoms with Crippen LogP contribution in [0.2, 0.25) is 0 Å². The van der Waals surface area contributed by atoms with E-state index in [1.807, 2.05) is 0 Å². The van der Waals surface area contributed by atoms with Crippen LogP contribution in [0.5, 0.6) is 0 Å². The van der Waals surface area contributed by atoms with E-state index in [1.165, 1.54) is 0 Å². The quantitative estimate of drug-likeness (QED) is 0.596. The van der Waals surface area contributed by atoms with Crippen molar-refractivity contribution in [3.63, 3.8) is 0 Å². The largest absolute Gasteiger partial charge is 0.480 e. The molecule has 1 heterocycles. The Hall–Kier alpha value is -0.680. The first-order valence-electron chi connectivity index (χ1n) is 3.12. The van der Waals surface area contributed by atoms with E-state index in [4.69, 9.17) is 16.7 Å². The lowest BCUT2D eigenvalue weighted by molar-refractivity contribution is -0.134. The molecule has 0 radical (unpaired) electrons. The molecule has 0 aromatic carbocycles. The maximum absolute atomic E-state index is 10.3. The van der Waals surface area contributed by atoms with Gasteiger partial charge in [0.1, 0.15) is 0 Å². The fraction of sp³-hybridized carbons (Fsp3) is 0.333. The van der Waals surface area contributed by atoms with Crippen molar-refractivity contribution in [1.29, 1.82) is 0 Å². The van der Waals surface area contributed by atoms with Gasteiger partial charge >= 0.3 is 5.97 Å². The third-order valence-electron chi connectivity index (χ3n) is 1.18. The van der Waals surface area contributed by atoms with Gasteiger partial charge in [-0.1, -0.05) is 23.4 Å². The first-order valence-corrected chi connectivity index (χ1v) is 4.43. The molecule has 0 spiro atoms. The van der Waals surface area contributed by atoms with Gasteiger partial charge in [-0.05, 0) is 0 Å². The average Bonchev–Trinajstić information content (AvgIpc) is 2.36. The molecular formula is C6H7ClN2O2S. The highest BCUT2D eigenvalue weighted by Crippen LogP contribution is 2.23. The second-order valence-electron chi connectivity index (χ2n) is 2.09. The molecule has 6 heteroatoms. The SMILES string of the molecule is Cn1ccnc1SC(Cl)C(=O)O. The molecule has 1 rings (SSSR count). The lowest BCUT2D eigenvalue weighted by Crippen LogP contribution is -2.09. The summed E-state index contributed by atoms with van der Waals surface area (Å²) in [6.07, 6.45) is 3.32. The summed E-state index contributed by atoms with van der Waals surface area (Å²) < 4.78 is 0.731. The molecule has 4 nitrogen and oxygen atoms in total. The predicted molar refractivity (Wildman–Crippen MR) is 46.3 cm³/mol. The molecule has 0 aliphatic heterocycles. The van der Waals surface area contributed by atoms with Gasteiger partial charge in [-0.25, -0.2) is 9.78 Å². The third-order valence-corrected chi connectivity index (χ3v) is 2.65. The molecule has 0 amide bonds. The molecule has 1 aromatic heterocycles. The fourth-order valence-corrected chi connectivity index (χ4v) is 1.48. The number of aliphatic carboxylic acids is 1. The molecule has 1 N–H and O–H groups in total. The van der Waals surface area contributed by atoms with Crippen molar-refractivity contribution in [3.8, 4) is 0 Å².